The Labute approximate surface area is 271 Å². The van der Waals surface area contributed by atoms with E-state index in [4.69, 9.17) is 0 Å². The fourth-order valence-electron chi connectivity index (χ4n) is 6.17. The van der Waals surface area contributed by atoms with Crippen LogP contribution in [0.3, 0.4) is 0 Å². The number of nitrogens with zero attached hydrogens (tertiary/aromatic N) is 1. The van der Waals surface area contributed by atoms with Crippen LogP contribution in [0, 0.1) is 0 Å². The van der Waals surface area contributed by atoms with Crippen LogP contribution in [0.2, 0.25) is 0 Å². The van der Waals surface area contributed by atoms with Crippen LogP contribution < -0.4 is 22.3 Å². The van der Waals surface area contributed by atoms with Gasteiger partial charge >= 0.3 is 0 Å². The average molecular weight is 607 g/mol. The van der Waals surface area contributed by atoms with Crippen molar-refractivity contribution in [1.29, 1.82) is 0 Å². The third kappa shape index (κ3) is 32.3. The molecule has 1 heterocycles. The van der Waals surface area contributed by atoms with Gasteiger partial charge in [-0.05, 0) is 32.4 Å². The lowest BCUT2D eigenvalue weighted by atomic mass is 10.0. The quantitative estimate of drug-likeness (QED) is 0.0610. The Bertz CT molecular complexity index is 593. The van der Waals surface area contributed by atoms with Crippen LogP contribution >= 0.6 is 0 Å². The molecule has 0 radical (unpaired) electrons. The fourth-order valence-corrected chi connectivity index (χ4v) is 6.17. The molecule has 1 rings (SSSR count). The van der Waals surface area contributed by atoms with Crippen LogP contribution in [0.5, 0.6) is 0 Å². The molecule has 0 atom stereocenters. The molecule has 248 valence electrons. The number of rotatable bonds is 34. The van der Waals surface area contributed by atoms with E-state index >= 15 is 0 Å². The van der Waals surface area contributed by atoms with Crippen molar-refractivity contribution in [3.8, 4) is 0 Å². The summed E-state index contributed by atoms with van der Waals surface area (Å²) in [4.78, 5) is 0. The second kappa shape index (κ2) is 36.6. The lowest BCUT2D eigenvalue weighted by molar-refractivity contribution is -0.697. The maximum absolute atomic E-state index is 3.69. The van der Waals surface area contributed by atoms with E-state index in [1.54, 1.807) is 0 Å². The summed E-state index contributed by atoms with van der Waals surface area (Å²) in [6, 6.07) is 6.35. The van der Waals surface area contributed by atoms with E-state index in [9.17, 15) is 0 Å². The van der Waals surface area contributed by atoms with Crippen LogP contribution in [0.4, 0.5) is 0 Å². The van der Waals surface area contributed by atoms with E-state index in [0.717, 1.165) is 0 Å². The first-order valence-corrected chi connectivity index (χ1v) is 19.1. The van der Waals surface area contributed by atoms with E-state index in [0.29, 0.717) is 0 Å². The molecule has 0 fully saturated rings. The summed E-state index contributed by atoms with van der Waals surface area (Å²) < 4.78 is 2.31. The molecular formula is C39H75ClN2. The number of pyridine rings is 1. The Hall–Kier alpha value is -0.600. The zero-order chi connectivity index (χ0) is 29.2. The average Bonchev–Trinajstić information content (AvgIpc) is 3.00. The Morgan fingerprint density at radius 2 is 0.643 bits per heavy atom. The minimum Gasteiger partial charge on any atom is -1.00 e. The molecule has 1 aromatic heterocycles. The third-order valence-corrected chi connectivity index (χ3v) is 9.00. The monoisotopic (exact) mass is 607 g/mol. The van der Waals surface area contributed by atoms with Crippen molar-refractivity contribution in [3.63, 3.8) is 0 Å². The topological polar surface area (TPSA) is 15.9 Å². The smallest absolute Gasteiger partial charge is 0.168 e. The molecule has 0 spiro atoms. The third-order valence-electron chi connectivity index (χ3n) is 9.00. The molecule has 2 nitrogen and oxygen atoms in total. The molecule has 0 saturated carbocycles. The van der Waals surface area contributed by atoms with Gasteiger partial charge in [0.15, 0.2) is 12.4 Å². The minimum atomic E-state index is 0. The highest BCUT2D eigenvalue weighted by molar-refractivity contribution is 4.83. The number of unbranched alkanes of at least 4 members (excludes halogenated alkanes) is 28. The van der Waals surface area contributed by atoms with Crippen LogP contribution in [-0.4, -0.2) is 13.1 Å². The van der Waals surface area contributed by atoms with Crippen molar-refractivity contribution >= 4 is 0 Å². The highest BCUT2D eigenvalue weighted by Gasteiger charge is 1.99. The van der Waals surface area contributed by atoms with Crippen molar-refractivity contribution in [2.24, 2.45) is 0 Å². The zero-order valence-electron chi connectivity index (χ0n) is 28.5. The summed E-state index contributed by atoms with van der Waals surface area (Å²) in [6.45, 7) is 5.97. The van der Waals surface area contributed by atoms with Crippen LogP contribution in [0.1, 0.15) is 200 Å². The number of hydrogen-bond acceptors (Lipinski definition) is 1. The number of hydrogen-bond donors (Lipinski definition) is 1. The SMILES string of the molecule is CCCCCCCCCCCCCCCCNCCCCCCCCCCCCCCCCCC[n+]1ccccc1.[Cl-]. The van der Waals surface area contributed by atoms with E-state index < -0.39 is 0 Å². The van der Waals surface area contributed by atoms with Gasteiger partial charge in [0.05, 0.1) is 0 Å². The van der Waals surface area contributed by atoms with Gasteiger partial charge in [-0.1, -0.05) is 180 Å². The molecule has 0 bridgehead atoms. The van der Waals surface area contributed by atoms with Gasteiger partial charge in [0.2, 0.25) is 0 Å². The molecule has 0 aliphatic carbocycles. The predicted molar refractivity (Wildman–Crippen MR) is 184 cm³/mol. The highest BCUT2D eigenvalue weighted by atomic mass is 35.5. The van der Waals surface area contributed by atoms with E-state index in [1.807, 2.05) is 0 Å². The maximum Gasteiger partial charge on any atom is 0.168 e. The van der Waals surface area contributed by atoms with Crippen LogP contribution in [0.15, 0.2) is 30.6 Å². The van der Waals surface area contributed by atoms with Gasteiger partial charge in [0.25, 0.3) is 0 Å². The minimum absolute atomic E-state index is 0. The summed E-state index contributed by atoms with van der Waals surface area (Å²) in [6.07, 6.45) is 47.7. The first kappa shape index (κ1) is 41.4. The van der Waals surface area contributed by atoms with Crippen molar-refractivity contribution in [2.75, 3.05) is 13.1 Å². The number of halogens is 1. The van der Waals surface area contributed by atoms with Crippen LogP contribution in [0.25, 0.3) is 0 Å². The highest BCUT2D eigenvalue weighted by Crippen LogP contribution is 2.15. The predicted octanol–water partition coefficient (Wildman–Crippen LogP) is 9.29. The Balaban J connectivity index is 0.0000168. The zero-order valence-corrected chi connectivity index (χ0v) is 29.3. The Morgan fingerprint density at radius 3 is 0.976 bits per heavy atom. The molecular weight excluding hydrogens is 532 g/mol. The standard InChI is InChI=1S/C39H75N2.ClH/c1-2-3-4-5-6-7-8-9-14-17-20-23-26-30-35-40-36-31-27-24-21-18-15-12-10-11-13-16-19-22-25-28-32-37-41-38-33-29-34-39-41;/h29,33-34,38-40H,2-28,30-32,35-37H2,1H3;1H/q+1;/p-1. The Morgan fingerprint density at radius 1 is 0.357 bits per heavy atom. The van der Waals surface area contributed by atoms with Crippen molar-refractivity contribution in [1.82, 2.24) is 5.32 Å². The summed E-state index contributed by atoms with van der Waals surface area (Å²) in [5.41, 5.74) is 0. The van der Waals surface area contributed by atoms with Crippen LogP contribution in [-0.2, 0) is 6.54 Å². The van der Waals surface area contributed by atoms with Crippen molar-refractivity contribution < 1.29 is 17.0 Å². The van der Waals surface area contributed by atoms with Gasteiger partial charge in [-0.2, -0.15) is 0 Å². The number of nitrogens with one attached hydrogen (secondary N) is 1. The van der Waals surface area contributed by atoms with Gasteiger partial charge in [-0.15, -0.1) is 0 Å². The van der Waals surface area contributed by atoms with Gasteiger partial charge in [-0.25, -0.2) is 4.57 Å². The lowest BCUT2D eigenvalue weighted by Crippen LogP contribution is -3.00. The molecule has 0 saturated heterocycles. The van der Waals surface area contributed by atoms with Gasteiger partial charge in [0.1, 0.15) is 6.54 Å². The summed E-state index contributed by atoms with van der Waals surface area (Å²) in [5.74, 6) is 0. The molecule has 42 heavy (non-hydrogen) atoms. The van der Waals surface area contributed by atoms with E-state index in [1.165, 1.54) is 212 Å². The van der Waals surface area contributed by atoms with Crippen molar-refractivity contribution in [3.05, 3.63) is 30.6 Å². The summed E-state index contributed by atoms with van der Waals surface area (Å²) in [5, 5.41) is 3.69. The van der Waals surface area contributed by atoms with Gasteiger partial charge < -0.3 is 17.7 Å². The van der Waals surface area contributed by atoms with Crippen molar-refractivity contribution in [2.45, 2.75) is 206 Å². The fraction of sp³-hybridized carbons (Fsp3) is 0.872. The molecule has 0 unspecified atom stereocenters. The number of aryl methyl sites for hydroxylation is 1. The molecule has 0 amide bonds. The van der Waals surface area contributed by atoms with E-state index in [2.05, 4.69) is 47.4 Å². The van der Waals surface area contributed by atoms with Gasteiger partial charge in [-0.3, -0.25) is 0 Å². The second-order valence-electron chi connectivity index (χ2n) is 13.1. The lowest BCUT2D eigenvalue weighted by Gasteiger charge is -2.06. The second-order valence-corrected chi connectivity index (χ2v) is 13.1. The summed E-state index contributed by atoms with van der Waals surface area (Å²) in [7, 11) is 0. The molecule has 0 aromatic carbocycles. The molecule has 0 aliphatic rings. The maximum atomic E-state index is 3.69. The molecule has 1 aromatic rings. The number of aromatic nitrogens is 1. The first-order valence-electron chi connectivity index (χ1n) is 19.1. The van der Waals surface area contributed by atoms with E-state index in [-0.39, 0.29) is 12.4 Å². The molecule has 0 aliphatic heterocycles. The largest absolute Gasteiger partial charge is 1.00 e. The first-order chi connectivity index (χ1) is 20.4. The normalized spacial score (nSPS) is 11.2. The summed E-state index contributed by atoms with van der Waals surface area (Å²) >= 11 is 0. The van der Waals surface area contributed by atoms with Gasteiger partial charge in [0, 0.05) is 18.6 Å². The molecule has 3 heteroatoms. The molecule has 1 N–H and O–H groups in total. The Kier molecular flexibility index (Phi) is 36.1.